The summed E-state index contributed by atoms with van der Waals surface area (Å²) in [6.45, 7) is 0. The molecule has 0 aliphatic heterocycles. The van der Waals surface area contributed by atoms with Gasteiger partial charge in [-0.3, -0.25) is 4.79 Å². The zero-order chi connectivity index (χ0) is 17.8. The lowest BCUT2D eigenvalue weighted by Gasteiger charge is -2.06. The standard InChI is InChI=1S/C17H16BrN5OS/c1-20-16(24)12-6-4-5-11(9-12)10-25-17-22-21-15(23(17)19)13-7-2-3-8-14(13)18/h2-9H,10,19H2,1H3,(H,20,24). The molecule has 0 unspecified atom stereocenters. The smallest absolute Gasteiger partial charge is 0.251 e. The van der Waals surface area contributed by atoms with Gasteiger partial charge < -0.3 is 11.2 Å². The third kappa shape index (κ3) is 3.85. The van der Waals surface area contributed by atoms with Crippen molar-refractivity contribution in [1.82, 2.24) is 20.2 Å². The quantitative estimate of drug-likeness (QED) is 0.491. The van der Waals surface area contributed by atoms with Gasteiger partial charge in [-0.15, -0.1) is 10.2 Å². The fourth-order valence-corrected chi connectivity index (χ4v) is 3.56. The van der Waals surface area contributed by atoms with Crippen molar-refractivity contribution in [2.45, 2.75) is 10.9 Å². The first-order valence-electron chi connectivity index (χ1n) is 7.49. The van der Waals surface area contributed by atoms with Crippen LogP contribution in [0.2, 0.25) is 0 Å². The molecule has 2 aromatic carbocycles. The largest absolute Gasteiger partial charge is 0.355 e. The molecule has 0 saturated heterocycles. The lowest BCUT2D eigenvalue weighted by Crippen LogP contribution is -2.17. The number of nitrogens with two attached hydrogens (primary N) is 1. The van der Waals surface area contributed by atoms with Crippen LogP contribution in [0.4, 0.5) is 0 Å². The van der Waals surface area contributed by atoms with E-state index in [1.54, 1.807) is 13.1 Å². The summed E-state index contributed by atoms with van der Waals surface area (Å²) in [5.74, 6) is 7.27. The number of carbonyl (C=O) groups excluding carboxylic acids is 1. The maximum absolute atomic E-state index is 11.7. The fraction of sp³-hybridized carbons (Fsp3) is 0.118. The summed E-state index contributed by atoms with van der Waals surface area (Å²) in [7, 11) is 1.61. The van der Waals surface area contributed by atoms with Gasteiger partial charge in [0.25, 0.3) is 5.91 Å². The average molecular weight is 418 g/mol. The minimum atomic E-state index is -0.106. The molecule has 0 aliphatic carbocycles. The van der Waals surface area contributed by atoms with E-state index >= 15 is 0 Å². The van der Waals surface area contributed by atoms with E-state index in [9.17, 15) is 4.79 Å². The van der Waals surface area contributed by atoms with Crippen molar-refractivity contribution < 1.29 is 4.79 Å². The molecule has 0 bridgehead atoms. The molecule has 8 heteroatoms. The predicted molar refractivity (Wildman–Crippen MR) is 103 cm³/mol. The molecule has 0 spiro atoms. The monoisotopic (exact) mass is 417 g/mol. The molecule has 0 aliphatic rings. The number of nitrogens with zero attached hydrogens (tertiary/aromatic N) is 3. The number of amides is 1. The van der Waals surface area contributed by atoms with E-state index in [0.717, 1.165) is 15.6 Å². The predicted octanol–water partition coefficient (Wildman–Crippen LogP) is 3.07. The summed E-state index contributed by atoms with van der Waals surface area (Å²) in [6, 6.07) is 15.2. The fourth-order valence-electron chi connectivity index (χ4n) is 2.30. The Kier molecular flexibility index (Phi) is 5.40. The number of benzene rings is 2. The van der Waals surface area contributed by atoms with Gasteiger partial charge in [0, 0.05) is 28.4 Å². The average Bonchev–Trinajstić information content (AvgIpc) is 3.00. The number of rotatable bonds is 5. The minimum absolute atomic E-state index is 0.106. The molecule has 6 nitrogen and oxygen atoms in total. The first kappa shape index (κ1) is 17.5. The second-order valence-electron chi connectivity index (χ2n) is 5.22. The lowest BCUT2D eigenvalue weighted by molar-refractivity contribution is 0.0963. The summed E-state index contributed by atoms with van der Waals surface area (Å²) < 4.78 is 2.39. The van der Waals surface area contributed by atoms with Crippen molar-refractivity contribution in [1.29, 1.82) is 0 Å². The van der Waals surface area contributed by atoms with Gasteiger partial charge in [-0.25, -0.2) is 4.68 Å². The van der Waals surface area contributed by atoms with Crippen LogP contribution in [0.1, 0.15) is 15.9 Å². The van der Waals surface area contributed by atoms with E-state index in [-0.39, 0.29) is 5.91 Å². The van der Waals surface area contributed by atoms with Crippen LogP contribution in [0.5, 0.6) is 0 Å². The third-order valence-electron chi connectivity index (χ3n) is 3.56. The van der Waals surface area contributed by atoms with Crippen molar-refractivity contribution in [3.05, 3.63) is 64.1 Å². The molecule has 3 aromatic rings. The number of nitrogen functional groups attached to an aromatic ring is 1. The highest BCUT2D eigenvalue weighted by Gasteiger charge is 2.14. The van der Waals surface area contributed by atoms with Crippen LogP contribution in [0.25, 0.3) is 11.4 Å². The van der Waals surface area contributed by atoms with Crippen LogP contribution in [0.3, 0.4) is 0 Å². The van der Waals surface area contributed by atoms with Gasteiger partial charge in [0.05, 0.1) is 0 Å². The number of carbonyl (C=O) groups is 1. The topological polar surface area (TPSA) is 85.8 Å². The molecule has 3 N–H and O–H groups in total. The van der Waals surface area contributed by atoms with Crippen LogP contribution in [-0.4, -0.2) is 27.8 Å². The molecule has 3 rings (SSSR count). The SMILES string of the molecule is CNC(=O)c1cccc(CSc2nnc(-c3ccccc3Br)n2N)c1. The van der Waals surface area contributed by atoms with Crippen LogP contribution in [-0.2, 0) is 5.75 Å². The van der Waals surface area contributed by atoms with Crippen LogP contribution in [0, 0.1) is 0 Å². The number of hydrogen-bond donors (Lipinski definition) is 2. The molecule has 25 heavy (non-hydrogen) atoms. The Bertz CT molecular complexity index is 912. The second kappa shape index (κ2) is 7.71. The van der Waals surface area contributed by atoms with Gasteiger partial charge in [0.2, 0.25) is 5.16 Å². The second-order valence-corrected chi connectivity index (χ2v) is 7.02. The number of hydrogen-bond acceptors (Lipinski definition) is 5. The van der Waals surface area contributed by atoms with Crippen LogP contribution >= 0.6 is 27.7 Å². The zero-order valence-corrected chi connectivity index (χ0v) is 15.8. The molecule has 1 amide bonds. The summed E-state index contributed by atoms with van der Waals surface area (Å²) in [4.78, 5) is 11.7. The molecular formula is C17H16BrN5OS. The van der Waals surface area contributed by atoms with Crippen LogP contribution in [0.15, 0.2) is 58.2 Å². The molecule has 128 valence electrons. The van der Waals surface area contributed by atoms with E-state index in [1.807, 2.05) is 42.5 Å². The molecular weight excluding hydrogens is 402 g/mol. The zero-order valence-electron chi connectivity index (χ0n) is 13.4. The van der Waals surface area contributed by atoms with Crippen molar-refractivity contribution in [2.24, 2.45) is 0 Å². The number of aromatic nitrogens is 3. The summed E-state index contributed by atoms with van der Waals surface area (Å²) in [5, 5.41) is 11.6. The molecule has 1 aromatic heterocycles. The van der Waals surface area contributed by atoms with Gasteiger partial charge in [0.1, 0.15) is 0 Å². The van der Waals surface area contributed by atoms with Crippen molar-refractivity contribution in [2.75, 3.05) is 12.9 Å². The Hall–Kier alpha value is -2.32. The molecule has 0 fully saturated rings. The molecule has 0 saturated carbocycles. The Balaban J connectivity index is 1.77. The highest BCUT2D eigenvalue weighted by molar-refractivity contribution is 9.10. The van der Waals surface area contributed by atoms with E-state index in [0.29, 0.717) is 22.3 Å². The summed E-state index contributed by atoms with van der Waals surface area (Å²) in [6.07, 6.45) is 0. The Morgan fingerprint density at radius 3 is 2.80 bits per heavy atom. The highest BCUT2D eigenvalue weighted by Crippen LogP contribution is 2.29. The highest BCUT2D eigenvalue weighted by atomic mass is 79.9. The maximum atomic E-state index is 11.7. The van der Waals surface area contributed by atoms with Gasteiger partial charge in [-0.05, 0) is 29.8 Å². The lowest BCUT2D eigenvalue weighted by atomic mass is 10.1. The van der Waals surface area contributed by atoms with E-state index < -0.39 is 0 Å². The van der Waals surface area contributed by atoms with Gasteiger partial charge in [0.15, 0.2) is 5.82 Å². The first-order chi connectivity index (χ1) is 12.1. The number of nitrogens with one attached hydrogen (secondary N) is 1. The Morgan fingerprint density at radius 2 is 2.04 bits per heavy atom. The van der Waals surface area contributed by atoms with Crippen molar-refractivity contribution >= 4 is 33.6 Å². The van der Waals surface area contributed by atoms with E-state index in [1.165, 1.54) is 16.4 Å². The summed E-state index contributed by atoms with van der Waals surface area (Å²) >= 11 is 4.97. The minimum Gasteiger partial charge on any atom is -0.355 e. The van der Waals surface area contributed by atoms with Crippen molar-refractivity contribution in [3.63, 3.8) is 0 Å². The number of halogens is 1. The molecule has 0 radical (unpaired) electrons. The van der Waals surface area contributed by atoms with Gasteiger partial charge in [-0.2, -0.15) is 0 Å². The molecule has 0 atom stereocenters. The summed E-state index contributed by atoms with van der Waals surface area (Å²) in [5.41, 5.74) is 2.52. The van der Waals surface area contributed by atoms with Crippen LogP contribution < -0.4 is 11.2 Å². The first-order valence-corrected chi connectivity index (χ1v) is 9.27. The number of thioether (sulfide) groups is 1. The van der Waals surface area contributed by atoms with E-state index in [4.69, 9.17) is 5.84 Å². The van der Waals surface area contributed by atoms with Gasteiger partial charge in [-0.1, -0.05) is 52.0 Å². The normalized spacial score (nSPS) is 10.6. The van der Waals surface area contributed by atoms with E-state index in [2.05, 4.69) is 31.4 Å². The van der Waals surface area contributed by atoms with Gasteiger partial charge >= 0.3 is 0 Å². The Labute approximate surface area is 157 Å². The maximum Gasteiger partial charge on any atom is 0.251 e. The third-order valence-corrected chi connectivity index (χ3v) is 5.27. The molecule has 1 heterocycles. The Morgan fingerprint density at radius 1 is 1.24 bits per heavy atom. The van der Waals surface area contributed by atoms with Crippen molar-refractivity contribution in [3.8, 4) is 11.4 Å².